The fraction of sp³-hybridized carbons (Fsp3) is 0.500. The van der Waals surface area contributed by atoms with Crippen molar-refractivity contribution in [3.63, 3.8) is 0 Å². The number of nitrogens with zero attached hydrogens (tertiary/aromatic N) is 3. The summed E-state index contributed by atoms with van der Waals surface area (Å²) in [5.74, 6) is 1.10. The van der Waals surface area contributed by atoms with Crippen LogP contribution in [-0.4, -0.2) is 15.5 Å². The molecule has 24 heavy (non-hydrogen) atoms. The lowest BCUT2D eigenvalue weighted by Gasteiger charge is -2.17. The summed E-state index contributed by atoms with van der Waals surface area (Å²) in [6.45, 7) is 5.17. The summed E-state index contributed by atoms with van der Waals surface area (Å²) in [7, 11) is 0. The van der Waals surface area contributed by atoms with Gasteiger partial charge in [-0.05, 0) is 31.7 Å². The second-order valence-electron chi connectivity index (χ2n) is 6.96. The van der Waals surface area contributed by atoms with E-state index in [4.69, 9.17) is 10.1 Å². The van der Waals surface area contributed by atoms with Crippen LogP contribution in [0, 0.1) is 0 Å². The standard InChI is InChI=1S/C20H26N4/c1-3-18-17-13-21-19(15-9-5-4-6-10-15)14(2)22-20(17)24(23-18)16-11-7-8-12-16/h4-6,9-10,16,19,21H,3,7-8,11-13H2,1-2H3. The van der Waals surface area contributed by atoms with E-state index in [0.717, 1.165) is 24.5 Å². The predicted octanol–water partition coefficient (Wildman–Crippen LogP) is 4.50. The first-order valence-corrected chi connectivity index (χ1v) is 9.21. The first-order chi connectivity index (χ1) is 11.8. The largest absolute Gasteiger partial charge is 0.301 e. The Morgan fingerprint density at radius 3 is 2.62 bits per heavy atom. The molecule has 2 heterocycles. The van der Waals surface area contributed by atoms with Crippen LogP contribution in [0.5, 0.6) is 0 Å². The van der Waals surface area contributed by atoms with Crippen molar-refractivity contribution in [3.8, 4) is 0 Å². The molecule has 1 aliphatic heterocycles. The van der Waals surface area contributed by atoms with Crippen LogP contribution in [0.25, 0.3) is 0 Å². The lowest BCUT2D eigenvalue weighted by molar-refractivity contribution is 0.467. The quantitative estimate of drug-likeness (QED) is 0.904. The van der Waals surface area contributed by atoms with Crippen LogP contribution in [0.4, 0.5) is 5.82 Å². The number of aryl methyl sites for hydroxylation is 1. The molecule has 0 bridgehead atoms. The fourth-order valence-corrected chi connectivity index (χ4v) is 4.08. The highest BCUT2D eigenvalue weighted by Gasteiger charge is 2.28. The molecule has 4 rings (SSSR count). The monoisotopic (exact) mass is 322 g/mol. The van der Waals surface area contributed by atoms with Crippen LogP contribution in [-0.2, 0) is 13.0 Å². The van der Waals surface area contributed by atoms with E-state index in [0.29, 0.717) is 6.04 Å². The number of aromatic nitrogens is 2. The Morgan fingerprint density at radius 2 is 1.92 bits per heavy atom. The number of nitrogens with one attached hydrogen (secondary N) is 1. The molecule has 1 aliphatic carbocycles. The van der Waals surface area contributed by atoms with Crippen LogP contribution in [0.1, 0.15) is 68.4 Å². The molecular weight excluding hydrogens is 296 g/mol. The molecule has 2 aromatic rings. The van der Waals surface area contributed by atoms with Crippen LogP contribution in [0.2, 0.25) is 0 Å². The molecule has 1 atom stereocenters. The Kier molecular flexibility index (Phi) is 4.23. The van der Waals surface area contributed by atoms with Gasteiger partial charge in [-0.1, -0.05) is 50.1 Å². The maximum atomic E-state index is 5.07. The molecular formula is C20H26N4. The van der Waals surface area contributed by atoms with E-state index in [1.165, 1.54) is 42.5 Å². The first-order valence-electron chi connectivity index (χ1n) is 9.21. The number of aliphatic imine (C=N–C) groups is 1. The predicted molar refractivity (Wildman–Crippen MR) is 97.9 cm³/mol. The number of rotatable bonds is 3. The average molecular weight is 322 g/mol. The van der Waals surface area contributed by atoms with Crippen molar-refractivity contribution in [1.29, 1.82) is 0 Å². The highest BCUT2D eigenvalue weighted by molar-refractivity contribution is 5.91. The summed E-state index contributed by atoms with van der Waals surface area (Å²) in [6.07, 6.45) is 6.07. The summed E-state index contributed by atoms with van der Waals surface area (Å²) < 4.78 is 2.24. The Balaban J connectivity index is 1.75. The molecule has 1 aromatic heterocycles. The minimum Gasteiger partial charge on any atom is -0.301 e. The second-order valence-corrected chi connectivity index (χ2v) is 6.96. The third-order valence-corrected chi connectivity index (χ3v) is 5.39. The zero-order valence-corrected chi connectivity index (χ0v) is 14.6. The van der Waals surface area contributed by atoms with E-state index < -0.39 is 0 Å². The maximum absolute atomic E-state index is 5.07. The summed E-state index contributed by atoms with van der Waals surface area (Å²) in [5, 5.41) is 8.63. The van der Waals surface area contributed by atoms with Crippen molar-refractivity contribution in [3.05, 3.63) is 47.2 Å². The van der Waals surface area contributed by atoms with E-state index in [9.17, 15) is 0 Å². The molecule has 1 saturated carbocycles. The minimum atomic E-state index is 0.181. The Hall–Kier alpha value is -1.94. The molecule has 2 aliphatic rings. The SMILES string of the molecule is CCc1nn(C2CCCC2)c2c1CNC(c1ccccc1)C(C)=N2. The van der Waals surface area contributed by atoms with Crippen molar-refractivity contribution in [1.82, 2.24) is 15.1 Å². The molecule has 0 amide bonds. The van der Waals surface area contributed by atoms with Gasteiger partial charge in [0, 0.05) is 17.8 Å². The van der Waals surface area contributed by atoms with Gasteiger partial charge < -0.3 is 5.32 Å². The fourth-order valence-electron chi connectivity index (χ4n) is 4.08. The second kappa shape index (κ2) is 6.52. The smallest absolute Gasteiger partial charge is 0.155 e. The third-order valence-electron chi connectivity index (χ3n) is 5.39. The van der Waals surface area contributed by atoms with Gasteiger partial charge >= 0.3 is 0 Å². The molecule has 4 heteroatoms. The van der Waals surface area contributed by atoms with Crippen LogP contribution in [0.15, 0.2) is 35.3 Å². The molecule has 0 spiro atoms. The van der Waals surface area contributed by atoms with Gasteiger partial charge in [-0.25, -0.2) is 9.67 Å². The van der Waals surface area contributed by atoms with Gasteiger partial charge in [-0.3, -0.25) is 0 Å². The molecule has 0 saturated heterocycles. The molecule has 4 nitrogen and oxygen atoms in total. The van der Waals surface area contributed by atoms with Gasteiger partial charge in [0.15, 0.2) is 5.82 Å². The molecule has 1 fully saturated rings. The summed E-state index contributed by atoms with van der Waals surface area (Å²) in [5.41, 5.74) is 4.90. The highest BCUT2D eigenvalue weighted by Crippen LogP contribution is 2.37. The molecule has 0 radical (unpaired) electrons. The number of hydrogen-bond donors (Lipinski definition) is 1. The molecule has 126 valence electrons. The zero-order chi connectivity index (χ0) is 16.5. The van der Waals surface area contributed by atoms with Crippen LogP contribution >= 0.6 is 0 Å². The molecule has 1 unspecified atom stereocenters. The van der Waals surface area contributed by atoms with Crippen LogP contribution in [0.3, 0.4) is 0 Å². The third kappa shape index (κ3) is 2.69. The van der Waals surface area contributed by atoms with Gasteiger partial charge in [0.2, 0.25) is 0 Å². The minimum absolute atomic E-state index is 0.181. The van der Waals surface area contributed by atoms with E-state index in [2.05, 4.69) is 54.2 Å². The van der Waals surface area contributed by atoms with E-state index in [1.54, 1.807) is 0 Å². The summed E-state index contributed by atoms with van der Waals surface area (Å²) in [6, 6.07) is 11.3. The molecule has 1 aromatic carbocycles. The lowest BCUT2D eigenvalue weighted by atomic mass is 10.0. The Bertz CT molecular complexity index is 738. The Labute approximate surface area is 144 Å². The summed E-state index contributed by atoms with van der Waals surface area (Å²) in [4.78, 5) is 5.07. The van der Waals surface area contributed by atoms with Crippen LogP contribution < -0.4 is 5.32 Å². The zero-order valence-electron chi connectivity index (χ0n) is 14.6. The van der Waals surface area contributed by atoms with Crippen molar-refractivity contribution >= 4 is 11.5 Å². The van der Waals surface area contributed by atoms with Gasteiger partial charge in [0.25, 0.3) is 0 Å². The number of hydrogen-bond acceptors (Lipinski definition) is 3. The normalized spacial score (nSPS) is 21.4. The van der Waals surface area contributed by atoms with Crippen molar-refractivity contribution in [2.75, 3.05) is 0 Å². The van der Waals surface area contributed by atoms with E-state index >= 15 is 0 Å². The number of fused-ring (bicyclic) bond motifs is 1. The molecule has 1 N–H and O–H groups in total. The van der Waals surface area contributed by atoms with Crippen molar-refractivity contribution in [2.45, 2.75) is 64.6 Å². The van der Waals surface area contributed by atoms with E-state index in [1.807, 2.05) is 0 Å². The van der Waals surface area contributed by atoms with Crippen molar-refractivity contribution < 1.29 is 0 Å². The lowest BCUT2D eigenvalue weighted by Crippen LogP contribution is -2.25. The van der Waals surface area contributed by atoms with E-state index in [-0.39, 0.29) is 6.04 Å². The van der Waals surface area contributed by atoms with Gasteiger partial charge in [-0.15, -0.1) is 0 Å². The van der Waals surface area contributed by atoms with Gasteiger partial charge in [0.1, 0.15) is 0 Å². The highest BCUT2D eigenvalue weighted by atomic mass is 15.3. The number of benzene rings is 1. The first kappa shape index (κ1) is 15.6. The Morgan fingerprint density at radius 1 is 1.17 bits per heavy atom. The average Bonchev–Trinajstić information content (AvgIpc) is 3.21. The van der Waals surface area contributed by atoms with Gasteiger partial charge in [-0.2, -0.15) is 5.10 Å². The summed E-state index contributed by atoms with van der Waals surface area (Å²) >= 11 is 0. The topological polar surface area (TPSA) is 42.2 Å². The van der Waals surface area contributed by atoms with Gasteiger partial charge in [0.05, 0.1) is 17.8 Å². The maximum Gasteiger partial charge on any atom is 0.155 e. The van der Waals surface area contributed by atoms with Crippen molar-refractivity contribution in [2.24, 2.45) is 4.99 Å².